The third kappa shape index (κ3) is 5.08. The lowest BCUT2D eigenvalue weighted by atomic mass is 10.2. The third-order valence-electron chi connectivity index (χ3n) is 2.33. The van der Waals surface area contributed by atoms with Crippen LogP contribution in [0.2, 0.25) is 0 Å². The number of aromatic nitrogens is 1. The van der Waals surface area contributed by atoms with Gasteiger partial charge < -0.3 is 10.2 Å². The molecule has 17 heavy (non-hydrogen) atoms. The van der Waals surface area contributed by atoms with E-state index in [1.165, 1.54) is 4.90 Å². The number of alkyl halides is 2. The van der Waals surface area contributed by atoms with Gasteiger partial charge >= 0.3 is 0 Å². The number of halogens is 2. The van der Waals surface area contributed by atoms with Crippen molar-refractivity contribution in [3.63, 3.8) is 0 Å². The number of hydrogen-bond acceptors (Lipinski definition) is 3. The number of nitrogens with zero attached hydrogens (tertiary/aromatic N) is 2. The molecule has 0 atom stereocenters. The van der Waals surface area contributed by atoms with E-state index in [0.29, 0.717) is 11.9 Å². The van der Waals surface area contributed by atoms with Gasteiger partial charge in [0.25, 0.3) is 6.43 Å². The Hall–Kier alpha value is -1.23. The molecule has 1 heterocycles. The Balaban J connectivity index is 2.64. The quantitative estimate of drug-likeness (QED) is 0.830. The largest absolute Gasteiger partial charge is 0.354 e. The van der Waals surface area contributed by atoms with Crippen LogP contribution in [0, 0.1) is 0 Å². The van der Waals surface area contributed by atoms with Crippen LogP contribution in [0.1, 0.15) is 19.4 Å². The summed E-state index contributed by atoms with van der Waals surface area (Å²) in [4.78, 5) is 5.55. The Bertz CT molecular complexity index is 342. The first kappa shape index (κ1) is 13.8. The van der Waals surface area contributed by atoms with Crippen molar-refractivity contribution < 1.29 is 8.78 Å². The summed E-state index contributed by atoms with van der Waals surface area (Å²) in [5, 5.41) is 3.27. The van der Waals surface area contributed by atoms with Crippen molar-refractivity contribution in [1.29, 1.82) is 0 Å². The molecule has 1 N–H and O–H groups in total. The molecule has 0 radical (unpaired) electrons. The van der Waals surface area contributed by atoms with E-state index in [2.05, 4.69) is 24.1 Å². The molecule has 0 saturated heterocycles. The van der Waals surface area contributed by atoms with Gasteiger partial charge in [-0.1, -0.05) is 13.8 Å². The fraction of sp³-hybridized carbons (Fsp3) is 0.583. The van der Waals surface area contributed by atoms with Crippen molar-refractivity contribution >= 4 is 5.82 Å². The molecule has 0 aliphatic rings. The van der Waals surface area contributed by atoms with Gasteiger partial charge in [0, 0.05) is 25.8 Å². The van der Waals surface area contributed by atoms with Crippen molar-refractivity contribution in [3.8, 4) is 0 Å². The second kappa shape index (κ2) is 6.49. The molecular formula is C12H19F2N3. The predicted octanol–water partition coefficient (Wildman–Crippen LogP) is 2.28. The Morgan fingerprint density at radius 2 is 2.12 bits per heavy atom. The zero-order chi connectivity index (χ0) is 12.8. The van der Waals surface area contributed by atoms with Crippen molar-refractivity contribution in [1.82, 2.24) is 10.3 Å². The summed E-state index contributed by atoms with van der Waals surface area (Å²) < 4.78 is 24.5. The van der Waals surface area contributed by atoms with E-state index in [-0.39, 0.29) is 6.54 Å². The molecule has 1 rings (SSSR count). The highest BCUT2D eigenvalue weighted by molar-refractivity contribution is 5.40. The number of anilines is 1. The van der Waals surface area contributed by atoms with E-state index >= 15 is 0 Å². The van der Waals surface area contributed by atoms with Crippen LogP contribution in [-0.2, 0) is 6.54 Å². The average molecular weight is 243 g/mol. The SMILES string of the molecule is CC(C)NCc1ccnc(N(C)CC(F)F)c1. The molecular weight excluding hydrogens is 224 g/mol. The van der Waals surface area contributed by atoms with Gasteiger partial charge in [0.15, 0.2) is 0 Å². The first-order valence-electron chi connectivity index (χ1n) is 5.66. The Morgan fingerprint density at radius 1 is 1.41 bits per heavy atom. The first-order chi connectivity index (χ1) is 7.99. The highest BCUT2D eigenvalue weighted by atomic mass is 19.3. The summed E-state index contributed by atoms with van der Waals surface area (Å²) in [7, 11) is 1.62. The van der Waals surface area contributed by atoms with E-state index in [4.69, 9.17) is 0 Å². The lowest BCUT2D eigenvalue weighted by Gasteiger charge is -2.18. The molecule has 0 aliphatic carbocycles. The Labute approximate surface area is 101 Å². The van der Waals surface area contributed by atoms with Crippen LogP contribution in [0.15, 0.2) is 18.3 Å². The minimum Gasteiger partial charge on any atom is -0.354 e. The molecule has 96 valence electrons. The second-order valence-corrected chi connectivity index (χ2v) is 4.33. The van der Waals surface area contributed by atoms with Gasteiger partial charge in [-0.25, -0.2) is 13.8 Å². The second-order valence-electron chi connectivity index (χ2n) is 4.33. The van der Waals surface area contributed by atoms with Crippen LogP contribution in [0.25, 0.3) is 0 Å². The highest BCUT2D eigenvalue weighted by Crippen LogP contribution is 2.12. The minimum atomic E-state index is -2.35. The van der Waals surface area contributed by atoms with E-state index in [1.807, 2.05) is 12.1 Å². The highest BCUT2D eigenvalue weighted by Gasteiger charge is 2.09. The summed E-state index contributed by atoms with van der Waals surface area (Å²) in [6.45, 7) is 4.54. The van der Waals surface area contributed by atoms with Crippen molar-refractivity contribution in [3.05, 3.63) is 23.9 Å². The average Bonchev–Trinajstić information content (AvgIpc) is 2.26. The molecule has 0 aliphatic heterocycles. The fourth-order valence-corrected chi connectivity index (χ4v) is 1.40. The van der Waals surface area contributed by atoms with Crippen LogP contribution in [0.3, 0.4) is 0 Å². The zero-order valence-corrected chi connectivity index (χ0v) is 10.5. The van der Waals surface area contributed by atoms with Crippen LogP contribution in [-0.4, -0.2) is 31.0 Å². The molecule has 0 spiro atoms. The van der Waals surface area contributed by atoms with Crippen LogP contribution in [0.5, 0.6) is 0 Å². The van der Waals surface area contributed by atoms with Gasteiger partial charge in [0.1, 0.15) is 5.82 Å². The molecule has 0 saturated carbocycles. The van der Waals surface area contributed by atoms with E-state index < -0.39 is 6.43 Å². The molecule has 1 aromatic rings. The summed E-state index contributed by atoms with van der Waals surface area (Å²) in [6.07, 6.45) is -0.700. The summed E-state index contributed by atoms with van der Waals surface area (Å²) in [6, 6.07) is 4.11. The van der Waals surface area contributed by atoms with Crippen molar-refractivity contribution in [2.75, 3.05) is 18.5 Å². The monoisotopic (exact) mass is 243 g/mol. The Kier molecular flexibility index (Phi) is 5.28. The van der Waals surface area contributed by atoms with Gasteiger partial charge in [-0.15, -0.1) is 0 Å². The van der Waals surface area contributed by atoms with Gasteiger partial charge in [-0.05, 0) is 17.7 Å². The van der Waals surface area contributed by atoms with Crippen LogP contribution >= 0.6 is 0 Å². The first-order valence-corrected chi connectivity index (χ1v) is 5.66. The summed E-state index contributed by atoms with van der Waals surface area (Å²) in [5.41, 5.74) is 1.05. The number of hydrogen-bond donors (Lipinski definition) is 1. The molecule has 0 amide bonds. The summed E-state index contributed by atoms with van der Waals surface area (Å²) in [5.74, 6) is 0.577. The van der Waals surface area contributed by atoms with Crippen molar-refractivity contribution in [2.45, 2.75) is 32.9 Å². The number of pyridine rings is 1. The normalized spacial score (nSPS) is 11.2. The number of nitrogens with one attached hydrogen (secondary N) is 1. The lowest BCUT2D eigenvalue weighted by Crippen LogP contribution is -2.25. The Morgan fingerprint density at radius 3 is 2.71 bits per heavy atom. The smallest absolute Gasteiger partial charge is 0.255 e. The van der Waals surface area contributed by atoms with Gasteiger partial charge in [0.05, 0.1) is 6.54 Å². The maximum atomic E-state index is 12.2. The molecule has 0 fully saturated rings. The summed E-state index contributed by atoms with van der Waals surface area (Å²) >= 11 is 0. The maximum Gasteiger partial charge on any atom is 0.255 e. The van der Waals surface area contributed by atoms with Crippen molar-refractivity contribution in [2.24, 2.45) is 0 Å². The minimum absolute atomic E-state index is 0.298. The third-order valence-corrected chi connectivity index (χ3v) is 2.33. The molecule has 5 heteroatoms. The van der Waals surface area contributed by atoms with Crippen LogP contribution in [0.4, 0.5) is 14.6 Å². The fourth-order valence-electron chi connectivity index (χ4n) is 1.40. The van der Waals surface area contributed by atoms with Crippen LogP contribution < -0.4 is 10.2 Å². The lowest BCUT2D eigenvalue weighted by molar-refractivity contribution is 0.156. The molecule has 3 nitrogen and oxygen atoms in total. The standard InChI is InChI=1S/C12H19F2N3/c1-9(2)16-7-10-4-5-15-12(6-10)17(3)8-11(13)14/h4-6,9,11,16H,7-8H2,1-3H3. The molecule has 1 aromatic heterocycles. The molecule has 0 bridgehead atoms. The zero-order valence-electron chi connectivity index (χ0n) is 10.5. The molecule has 0 aromatic carbocycles. The van der Waals surface area contributed by atoms with Gasteiger partial charge in [-0.2, -0.15) is 0 Å². The molecule has 0 unspecified atom stereocenters. The topological polar surface area (TPSA) is 28.2 Å². The van der Waals surface area contributed by atoms with Gasteiger partial charge in [0.2, 0.25) is 0 Å². The predicted molar refractivity (Wildman–Crippen MR) is 65.5 cm³/mol. The van der Waals surface area contributed by atoms with E-state index in [0.717, 1.165) is 12.1 Å². The van der Waals surface area contributed by atoms with Gasteiger partial charge in [-0.3, -0.25) is 0 Å². The van der Waals surface area contributed by atoms with E-state index in [9.17, 15) is 8.78 Å². The van der Waals surface area contributed by atoms with E-state index in [1.54, 1.807) is 13.2 Å². The number of rotatable bonds is 6. The maximum absolute atomic E-state index is 12.2.